The molecule has 2 heterocycles. The van der Waals surface area contributed by atoms with Gasteiger partial charge in [-0.05, 0) is 41.9 Å². The lowest BCUT2D eigenvalue weighted by Crippen LogP contribution is -2.51. The van der Waals surface area contributed by atoms with Gasteiger partial charge in [-0.3, -0.25) is 9.59 Å². The molecule has 37 heavy (non-hydrogen) atoms. The number of aliphatic hydroxyl groups excluding tert-OH is 1. The van der Waals surface area contributed by atoms with Crippen molar-refractivity contribution in [3.05, 3.63) is 47.3 Å². The van der Waals surface area contributed by atoms with Crippen molar-refractivity contribution in [3.63, 3.8) is 0 Å². The highest BCUT2D eigenvalue weighted by Crippen LogP contribution is 2.40. The standard InChI is InChI=1S/C27H37F2N5O3/c1-15(2)19(17-8-9-20(28)21(29)10-17)12-30-25(36)23-11-18(35)13-33(23)26(37)24(27(3,4)5)34-14-22(31-32-34)16-6-7-16/h8-10,14-16,18-19,23-24,35H,6-7,11-13H2,1-5H3,(H,30,36)/t18-,19?,23+,24-/m1/s1. The van der Waals surface area contributed by atoms with E-state index in [0.29, 0.717) is 11.5 Å². The van der Waals surface area contributed by atoms with Crippen LogP contribution in [0.4, 0.5) is 8.78 Å². The van der Waals surface area contributed by atoms with Gasteiger partial charge in [-0.2, -0.15) is 0 Å². The Morgan fingerprint density at radius 2 is 1.89 bits per heavy atom. The van der Waals surface area contributed by atoms with E-state index < -0.39 is 35.2 Å². The zero-order valence-electron chi connectivity index (χ0n) is 22.1. The molecule has 1 saturated carbocycles. The molecule has 1 aromatic heterocycles. The molecule has 202 valence electrons. The number of amides is 2. The second-order valence-electron chi connectivity index (χ2n) is 11.8. The Bertz CT molecular complexity index is 1140. The molecule has 0 bridgehead atoms. The molecule has 2 amide bonds. The summed E-state index contributed by atoms with van der Waals surface area (Å²) in [7, 11) is 0. The topological polar surface area (TPSA) is 100 Å². The van der Waals surface area contributed by atoms with Crippen molar-refractivity contribution in [2.45, 2.75) is 83.9 Å². The molecule has 1 aliphatic carbocycles. The quantitative estimate of drug-likeness (QED) is 0.558. The van der Waals surface area contributed by atoms with Gasteiger partial charge < -0.3 is 15.3 Å². The molecule has 2 aromatic rings. The monoisotopic (exact) mass is 517 g/mol. The molecule has 8 nitrogen and oxygen atoms in total. The Morgan fingerprint density at radius 3 is 2.49 bits per heavy atom. The zero-order valence-corrected chi connectivity index (χ0v) is 22.1. The van der Waals surface area contributed by atoms with Crippen LogP contribution in [0.25, 0.3) is 0 Å². The number of rotatable bonds is 8. The summed E-state index contributed by atoms with van der Waals surface area (Å²) >= 11 is 0. The summed E-state index contributed by atoms with van der Waals surface area (Å²) < 4.78 is 28.9. The maximum absolute atomic E-state index is 13.9. The van der Waals surface area contributed by atoms with E-state index in [1.807, 2.05) is 40.8 Å². The number of carbonyl (C=O) groups is 2. The van der Waals surface area contributed by atoms with E-state index in [0.717, 1.165) is 30.7 Å². The highest BCUT2D eigenvalue weighted by Gasteiger charge is 2.45. The number of hydrogen-bond donors (Lipinski definition) is 2. The number of benzene rings is 1. The second kappa shape index (κ2) is 10.5. The van der Waals surface area contributed by atoms with E-state index in [-0.39, 0.29) is 43.2 Å². The molecule has 1 aliphatic heterocycles. The number of aromatic nitrogens is 3. The van der Waals surface area contributed by atoms with Crippen LogP contribution in [0.5, 0.6) is 0 Å². The van der Waals surface area contributed by atoms with Crippen molar-refractivity contribution in [2.24, 2.45) is 11.3 Å². The molecule has 1 unspecified atom stereocenters. The van der Waals surface area contributed by atoms with Gasteiger partial charge in [0.25, 0.3) is 0 Å². The minimum absolute atomic E-state index is 0.0373. The largest absolute Gasteiger partial charge is 0.391 e. The van der Waals surface area contributed by atoms with Crippen molar-refractivity contribution in [1.29, 1.82) is 0 Å². The van der Waals surface area contributed by atoms with Crippen LogP contribution in [0.3, 0.4) is 0 Å². The maximum atomic E-state index is 13.9. The van der Waals surface area contributed by atoms with Crippen LogP contribution >= 0.6 is 0 Å². The van der Waals surface area contributed by atoms with Gasteiger partial charge in [0.2, 0.25) is 11.8 Å². The van der Waals surface area contributed by atoms with Crippen LogP contribution in [0, 0.1) is 23.0 Å². The van der Waals surface area contributed by atoms with E-state index >= 15 is 0 Å². The lowest BCUT2D eigenvalue weighted by atomic mass is 9.85. The van der Waals surface area contributed by atoms with E-state index in [4.69, 9.17) is 0 Å². The van der Waals surface area contributed by atoms with Gasteiger partial charge in [-0.15, -0.1) is 5.10 Å². The Balaban J connectivity index is 1.51. The SMILES string of the molecule is CC(C)C(CNC(=O)[C@@H]1C[C@@H](O)CN1C(=O)[C@@H](n1cc(C2CC2)nn1)C(C)(C)C)c1ccc(F)c(F)c1. The average molecular weight is 518 g/mol. The van der Waals surface area contributed by atoms with Gasteiger partial charge in [0, 0.05) is 37.5 Å². The lowest BCUT2D eigenvalue weighted by Gasteiger charge is -2.34. The summed E-state index contributed by atoms with van der Waals surface area (Å²) in [4.78, 5) is 28.6. The number of hydrogen-bond acceptors (Lipinski definition) is 5. The molecule has 1 aromatic carbocycles. The van der Waals surface area contributed by atoms with Crippen LogP contribution in [0.1, 0.15) is 83.0 Å². The predicted molar refractivity (Wildman–Crippen MR) is 134 cm³/mol. The minimum atomic E-state index is -0.934. The van der Waals surface area contributed by atoms with Gasteiger partial charge in [0.15, 0.2) is 11.6 Å². The summed E-state index contributed by atoms with van der Waals surface area (Å²) in [6, 6.07) is 2.21. The van der Waals surface area contributed by atoms with Crippen molar-refractivity contribution in [1.82, 2.24) is 25.2 Å². The summed E-state index contributed by atoms with van der Waals surface area (Å²) in [6.07, 6.45) is 3.24. The highest BCUT2D eigenvalue weighted by molar-refractivity contribution is 5.90. The second-order valence-corrected chi connectivity index (χ2v) is 11.8. The maximum Gasteiger partial charge on any atom is 0.248 e. The van der Waals surface area contributed by atoms with Crippen LogP contribution < -0.4 is 5.32 Å². The Kier molecular flexibility index (Phi) is 7.69. The van der Waals surface area contributed by atoms with E-state index in [2.05, 4.69) is 15.6 Å². The number of likely N-dealkylation sites (tertiary alicyclic amines) is 1. The minimum Gasteiger partial charge on any atom is -0.391 e. The van der Waals surface area contributed by atoms with Gasteiger partial charge in [-0.25, -0.2) is 13.5 Å². The number of aliphatic hydroxyl groups is 1. The third kappa shape index (κ3) is 6.00. The normalized spacial score (nSPS) is 21.8. The molecule has 2 aliphatic rings. The first-order valence-electron chi connectivity index (χ1n) is 13.0. The van der Waals surface area contributed by atoms with Gasteiger partial charge in [0.1, 0.15) is 12.1 Å². The first kappa shape index (κ1) is 27.2. The molecular formula is C27H37F2N5O3. The van der Waals surface area contributed by atoms with Crippen molar-refractivity contribution in [2.75, 3.05) is 13.1 Å². The molecule has 4 rings (SSSR count). The summed E-state index contributed by atoms with van der Waals surface area (Å²) in [5, 5.41) is 21.8. The van der Waals surface area contributed by atoms with E-state index in [1.54, 1.807) is 4.68 Å². The zero-order chi connectivity index (χ0) is 27.1. The average Bonchev–Trinajstić information content (AvgIpc) is 3.42. The van der Waals surface area contributed by atoms with Crippen LogP contribution in [-0.4, -0.2) is 62.0 Å². The van der Waals surface area contributed by atoms with Gasteiger partial charge in [-0.1, -0.05) is 45.9 Å². The predicted octanol–water partition coefficient (Wildman–Crippen LogP) is 3.54. The number of carbonyl (C=O) groups excluding carboxylic acids is 2. The van der Waals surface area contributed by atoms with Crippen molar-refractivity contribution < 1.29 is 23.5 Å². The fourth-order valence-electron chi connectivity index (χ4n) is 5.14. The van der Waals surface area contributed by atoms with Crippen LogP contribution in [0.2, 0.25) is 0 Å². The summed E-state index contributed by atoms with van der Waals surface area (Å²) in [5.41, 5.74) is 0.934. The van der Waals surface area contributed by atoms with E-state index in [1.165, 1.54) is 11.0 Å². The van der Waals surface area contributed by atoms with E-state index in [9.17, 15) is 23.5 Å². The molecule has 4 atom stereocenters. The van der Waals surface area contributed by atoms with Crippen molar-refractivity contribution >= 4 is 11.8 Å². The number of nitrogens with zero attached hydrogens (tertiary/aromatic N) is 4. The fourth-order valence-corrected chi connectivity index (χ4v) is 5.14. The Hall–Kier alpha value is -2.88. The van der Waals surface area contributed by atoms with Crippen LogP contribution in [0.15, 0.2) is 24.4 Å². The highest BCUT2D eigenvalue weighted by atomic mass is 19.2. The lowest BCUT2D eigenvalue weighted by molar-refractivity contribution is -0.144. The summed E-state index contributed by atoms with van der Waals surface area (Å²) in [5.74, 6) is -2.37. The number of halogens is 2. The third-order valence-electron chi connectivity index (χ3n) is 7.38. The number of β-amino-alcohol motifs (C(OH)–C–C–N with tert-alkyl or cyclic N) is 1. The molecule has 2 N–H and O–H groups in total. The summed E-state index contributed by atoms with van der Waals surface area (Å²) in [6.45, 7) is 9.92. The molecular weight excluding hydrogens is 480 g/mol. The smallest absolute Gasteiger partial charge is 0.248 e. The van der Waals surface area contributed by atoms with Gasteiger partial charge in [0.05, 0.1) is 11.8 Å². The molecule has 0 spiro atoms. The first-order chi connectivity index (χ1) is 17.4. The molecule has 10 heteroatoms. The molecule has 1 saturated heterocycles. The third-order valence-corrected chi connectivity index (χ3v) is 7.38. The van der Waals surface area contributed by atoms with Crippen molar-refractivity contribution in [3.8, 4) is 0 Å². The first-order valence-corrected chi connectivity index (χ1v) is 13.0. The molecule has 0 radical (unpaired) electrons. The van der Waals surface area contributed by atoms with Crippen LogP contribution in [-0.2, 0) is 9.59 Å². The fraction of sp³-hybridized carbons (Fsp3) is 0.630. The Morgan fingerprint density at radius 1 is 1.19 bits per heavy atom. The Labute approximate surface area is 216 Å². The molecule has 2 fully saturated rings. The number of nitrogens with one attached hydrogen (secondary N) is 1. The van der Waals surface area contributed by atoms with Gasteiger partial charge >= 0.3 is 0 Å².